The maximum Gasteiger partial charge on any atom is 0.416 e. The number of hydrogen-bond donors (Lipinski definition) is 2. The van der Waals surface area contributed by atoms with E-state index in [1.165, 1.54) is 13.1 Å². The van der Waals surface area contributed by atoms with Gasteiger partial charge in [0, 0.05) is 44.2 Å². The van der Waals surface area contributed by atoms with E-state index in [1.807, 2.05) is 4.90 Å². The largest absolute Gasteiger partial charge is 0.416 e. The molecule has 1 saturated heterocycles. The van der Waals surface area contributed by atoms with Crippen molar-refractivity contribution < 1.29 is 23.1 Å². The number of benzene rings is 1. The van der Waals surface area contributed by atoms with Crippen LogP contribution in [0.25, 0.3) is 0 Å². The van der Waals surface area contributed by atoms with Crippen molar-refractivity contribution in [1.82, 2.24) is 10.2 Å². The standard InChI is InChI=1S/C15H18ClF3N2O2/c1-20-14(23)12-7-21(6-10(12)8-22)5-9-4-11(15(17,18)19)2-3-13(9)16/h2-4,10,12,22H,5-8H2,1H3,(H,20,23). The molecule has 0 bridgehead atoms. The van der Waals surface area contributed by atoms with E-state index in [9.17, 15) is 23.1 Å². The van der Waals surface area contributed by atoms with Crippen LogP contribution in [0.15, 0.2) is 18.2 Å². The van der Waals surface area contributed by atoms with Gasteiger partial charge in [0.2, 0.25) is 5.91 Å². The molecule has 23 heavy (non-hydrogen) atoms. The van der Waals surface area contributed by atoms with E-state index in [-0.39, 0.29) is 35.9 Å². The molecular formula is C15H18ClF3N2O2. The van der Waals surface area contributed by atoms with Gasteiger partial charge in [-0.15, -0.1) is 0 Å². The zero-order valence-electron chi connectivity index (χ0n) is 12.5. The smallest absolute Gasteiger partial charge is 0.396 e. The molecule has 8 heteroatoms. The van der Waals surface area contributed by atoms with Crippen LogP contribution in [0.2, 0.25) is 5.02 Å². The highest BCUT2D eigenvalue weighted by Crippen LogP contribution is 2.33. The van der Waals surface area contributed by atoms with Gasteiger partial charge in [0.25, 0.3) is 0 Å². The average molecular weight is 351 g/mol. The fourth-order valence-electron chi connectivity index (χ4n) is 2.87. The highest BCUT2D eigenvalue weighted by molar-refractivity contribution is 6.31. The Labute approximate surface area is 137 Å². The van der Waals surface area contributed by atoms with Crippen molar-refractivity contribution in [2.45, 2.75) is 12.7 Å². The number of nitrogens with one attached hydrogen (secondary N) is 1. The summed E-state index contributed by atoms with van der Waals surface area (Å²) in [5.74, 6) is -0.796. The highest BCUT2D eigenvalue weighted by atomic mass is 35.5. The predicted octanol–water partition coefficient (Wildman–Crippen LogP) is 2.15. The lowest BCUT2D eigenvalue weighted by atomic mass is 9.96. The van der Waals surface area contributed by atoms with Crippen LogP contribution in [-0.4, -0.2) is 42.7 Å². The number of amides is 1. The van der Waals surface area contributed by atoms with E-state index in [0.717, 1.165) is 12.1 Å². The molecule has 1 fully saturated rings. The summed E-state index contributed by atoms with van der Waals surface area (Å²) >= 11 is 6.00. The average Bonchev–Trinajstić information content (AvgIpc) is 2.90. The molecule has 0 saturated carbocycles. The maximum atomic E-state index is 12.8. The third-order valence-corrected chi connectivity index (χ3v) is 4.47. The van der Waals surface area contributed by atoms with Crippen LogP contribution in [0.3, 0.4) is 0 Å². The number of hydrogen-bond acceptors (Lipinski definition) is 3. The third-order valence-electron chi connectivity index (χ3n) is 4.10. The molecule has 0 spiro atoms. The minimum absolute atomic E-state index is 0.148. The molecule has 128 valence electrons. The lowest BCUT2D eigenvalue weighted by Gasteiger charge is -2.18. The molecule has 2 rings (SSSR count). The van der Waals surface area contributed by atoms with Gasteiger partial charge >= 0.3 is 6.18 Å². The summed E-state index contributed by atoms with van der Waals surface area (Å²) in [6, 6.07) is 3.21. The fourth-order valence-corrected chi connectivity index (χ4v) is 3.05. The van der Waals surface area contributed by atoms with Gasteiger partial charge in [-0.05, 0) is 23.8 Å². The molecule has 2 atom stereocenters. The first-order valence-corrected chi connectivity index (χ1v) is 7.54. The van der Waals surface area contributed by atoms with Crippen molar-refractivity contribution in [3.8, 4) is 0 Å². The van der Waals surface area contributed by atoms with Crippen LogP contribution < -0.4 is 5.32 Å². The second-order valence-corrected chi connectivity index (χ2v) is 6.07. The molecule has 0 aliphatic carbocycles. The molecule has 1 heterocycles. The number of carbonyl (C=O) groups excluding carboxylic acids is 1. The second kappa shape index (κ2) is 7.07. The Kier molecular flexibility index (Phi) is 5.54. The van der Waals surface area contributed by atoms with E-state index in [0.29, 0.717) is 18.7 Å². The lowest BCUT2D eigenvalue weighted by molar-refractivity contribution is -0.137. The summed E-state index contributed by atoms with van der Waals surface area (Å²) in [6.07, 6.45) is -4.43. The molecule has 2 unspecified atom stereocenters. The van der Waals surface area contributed by atoms with E-state index in [4.69, 9.17) is 11.6 Å². The van der Waals surface area contributed by atoms with Gasteiger partial charge in [0.05, 0.1) is 11.5 Å². The van der Waals surface area contributed by atoms with E-state index < -0.39 is 11.7 Å². The number of nitrogens with zero attached hydrogens (tertiary/aromatic N) is 1. The van der Waals surface area contributed by atoms with Gasteiger partial charge < -0.3 is 10.4 Å². The Bertz CT molecular complexity index is 580. The molecule has 2 N–H and O–H groups in total. The van der Waals surface area contributed by atoms with E-state index in [2.05, 4.69) is 5.32 Å². The van der Waals surface area contributed by atoms with Gasteiger partial charge in [-0.1, -0.05) is 11.6 Å². The normalized spacial score (nSPS) is 22.3. The fraction of sp³-hybridized carbons (Fsp3) is 0.533. The number of aliphatic hydroxyl groups is 1. The quantitative estimate of drug-likeness (QED) is 0.875. The van der Waals surface area contributed by atoms with Crippen LogP contribution >= 0.6 is 11.6 Å². The first-order valence-electron chi connectivity index (χ1n) is 7.16. The van der Waals surface area contributed by atoms with Crippen LogP contribution in [0.4, 0.5) is 13.2 Å². The summed E-state index contributed by atoms with van der Waals surface area (Å²) in [5, 5.41) is 12.2. The molecule has 1 amide bonds. The van der Waals surface area contributed by atoms with Gasteiger partial charge in [-0.3, -0.25) is 9.69 Å². The Balaban J connectivity index is 2.15. The summed E-state index contributed by atoms with van der Waals surface area (Å²) < 4.78 is 38.4. The Morgan fingerprint density at radius 2 is 2.13 bits per heavy atom. The number of rotatable bonds is 4. The number of likely N-dealkylation sites (tertiary alicyclic amines) is 1. The lowest BCUT2D eigenvalue weighted by Crippen LogP contribution is -2.33. The number of alkyl halides is 3. The molecule has 1 aliphatic rings. The van der Waals surface area contributed by atoms with Crippen molar-refractivity contribution in [2.75, 3.05) is 26.7 Å². The molecule has 0 aromatic heterocycles. The zero-order valence-corrected chi connectivity index (χ0v) is 13.3. The van der Waals surface area contributed by atoms with Gasteiger partial charge in [0.15, 0.2) is 0 Å². The Morgan fingerprint density at radius 1 is 1.43 bits per heavy atom. The molecule has 0 radical (unpaired) electrons. The first-order chi connectivity index (χ1) is 10.8. The molecule has 1 aromatic carbocycles. The molecule has 1 aromatic rings. The minimum atomic E-state index is -4.43. The molecular weight excluding hydrogens is 333 g/mol. The van der Waals surface area contributed by atoms with Gasteiger partial charge in [-0.2, -0.15) is 13.2 Å². The van der Waals surface area contributed by atoms with Crippen molar-refractivity contribution in [1.29, 1.82) is 0 Å². The van der Waals surface area contributed by atoms with Crippen LogP contribution in [0.5, 0.6) is 0 Å². The second-order valence-electron chi connectivity index (χ2n) is 5.66. The predicted molar refractivity (Wildman–Crippen MR) is 79.9 cm³/mol. The number of aliphatic hydroxyl groups excluding tert-OH is 1. The maximum absolute atomic E-state index is 12.8. The summed E-state index contributed by atoms with van der Waals surface area (Å²) in [4.78, 5) is 13.6. The Hall–Kier alpha value is -1.31. The first kappa shape index (κ1) is 18.0. The topological polar surface area (TPSA) is 52.6 Å². The SMILES string of the molecule is CNC(=O)C1CN(Cc2cc(C(F)(F)F)ccc2Cl)CC1CO. The Morgan fingerprint density at radius 3 is 2.70 bits per heavy atom. The summed E-state index contributed by atoms with van der Waals surface area (Å²) in [7, 11) is 1.52. The van der Waals surface area contributed by atoms with Gasteiger partial charge in [0.1, 0.15) is 0 Å². The molecule has 1 aliphatic heterocycles. The minimum Gasteiger partial charge on any atom is -0.396 e. The molecule has 4 nitrogen and oxygen atoms in total. The monoisotopic (exact) mass is 350 g/mol. The highest BCUT2D eigenvalue weighted by Gasteiger charge is 2.37. The van der Waals surface area contributed by atoms with Crippen molar-refractivity contribution >= 4 is 17.5 Å². The van der Waals surface area contributed by atoms with E-state index in [1.54, 1.807) is 0 Å². The van der Waals surface area contributed by atoms with Crippen LogP contribution in [-0.2, 0) is 17.5 Å². The van der Waals surface area contributed by atoms with E-state index >= 15 is 0 Å². The zero-order chi connectivity index (χ0) is 17.2. The van der Waals surface area contributed by atoms with Crippen molar-refractivity contribution in [2.24, 2.45) is 11.8 Å². The van der Waals surface area contributed by atoms with Crippen LogP contribution in [0, 0.1) is 11.8 Å². The van der Waals surface area contributed by atoms with Crippen LogP contribution in [0.1, 0.15) is 11.1 Å². The summed E-state index contributed by atoms with van der Waals surface area (Å²) in [5.41, 5.74) is -0.395. The summed E-state index contributed by atoms with van der Waals surface area (Å²) in [6.45, 7) is 0.857. The third kappa shape index (κ3) is 4.16. The van der Waals surface area contributed by atoms with Crippen molar-refractivity contribution in [3.63, 3.8) is 0 Å². The van der Waals surface area contributed by atoms with Crippen molar-refractivity contribution in [3.05, 3.63) is 34.3 Å². The van der Waals surface area contributed by atoms with Gasteiger partial charge in [-0.25, -0.2) is 0 Å². The number of halogens is 4. The number of carbonyl (C=O) groups is 1.